The number of hydrogen-bond acceptors (Lipinski definition) is 4. The van der Waals surface area contributed by atoms with E-state index in [2.05, 4.69) is 35.6 Å². The summed E-state index contributed by atoms with van der Waals surface area (Å²) >= 11 is 1.50. The van der Waals surface area contributed by atoms with Crippen LogP contribution in [0.5, 0.6) is 0 Å². The Morgan fingerprint density at radius 2 is 1.90 bits per heavy atom. The first-order valence-electron chi connectivity index (χ1n) is 11.5. The van der Waals surface area contributed by atoms with Crippen molar-refractivity contribution >= 4 is 44.1 Å². The number of hydrogen-bond donors (Lipinski definition) is 1. The second-order valence-electron chi connectivity index (χ2n) is 8.49. The van der Waals surface area contributed by atoms with Gasteiger partial charge in [0, 0.05) is 22.5 Å². The Hall–Kier alpha value is -2.40. The van der Waals surface area contributed by atoms with Gasteiger partial charge in [-0.25, -0.2) is 4.79 Å². The molecular formula is C26H31NO3S. The fourth-order valence-electron chi connectivity index (χ4n) is 4.78. The highest BCUT2D eigenvalue weighted by Crippen LogP contribution is 2.38. The van der Waals surface area contributed by atoms with Crippen LogP contribution in [0.3, 0.4) is 0 Å². The number of ether oxygens (including phenoxy) is 1. The number of esters is 1. The van der Waals surface area contributed by atoms with E-state index < -0.39 is 0 Å². The van der Waals surface area contributed by atoms with Crippen molar-refractivity contribution in [2.24, 2.45) is 0 Å². The highest BCUT2D eigenvalue weighted by Gasteiger charge is 2.20. The number of fused-ring (bicyclic) bond motifs is 3. The normalized spacial score (nSPS) is 14.8. The predicted molar refractivity (Wildman–Crippen MR) is 128 cm³/mol. The smallest absolute Gasteiger partial charge is 0.348 e. The van der Waals surface area contributed by atoms with Crippen LogP contribution in [0, 0.1) is 6.92 Å². The highest BCUT2D eigenvalue weighted by molar-refractivity contribution is 7.21. The Kier molecular flexibility index (Phi) is 6.91. The minimum Gasteiger partial charge on any atom is -0.462 e. The highest BCUT2D eigenvalue weighted by atomic mass is 32.1. The number of nitrogens with one attached hydrogen (secondary N) is 1. The largest absolute Gasteiger partial charge is 0.462 e. The summed E-state index contributed by atoms with van der Waals surface area (Å²) in [6.07, 6.45) is 8.21. The lowest BCUT2D eigenvalue weighted by atomic mass is 9.94. The zero-order chi connectivity index (χ0) is 21.8. The maximum atomic E-state index is 12.4. The van der Waals surface area contributed by atoms with Crippen LogP contribution >= 0.6 is 11.3 Å². The monoisotopic (exact) mass is 437 g/mol. The van der Waals surface area contributed by atoms with Gasteiger partial charge in [0.1, 0.15) is 4.88 Å². The van der Waals surface area contributed by atoms with E-state index in [0.29, 0.717) is 23.9 Å². The van der Waals surface area contributed by atoms with Crippen molar-refractivity contribution < 1.29 is 14.3 Å². The van der Waals surface area contributed by atoms with Gasteiger partial charge in [0.2, 0.25) is 5.91 Å². The third kappa shape index (κ3) is 4.77. The molecule has 1 aliphatic rings. The van der Waals surface area contributed by atoms with Crippen molar-refractivity contribution in [2.45, 2.75) is 71.3 Å². The summed E-state index contributed by atoms with van der Waals surface area (Å²) < 4.78 is 6.37. The summed E-state index contributed by atoms with van der Waals surface area (Å²) in [5.41, 5.74) is 2.23. The lowest BCUT2D eigenvalue weighted by Crippen LogP contribution is -2.36. The van der Waals surface area contributed by atoms with Gasteiger partial charge < -0.3 is 10.1 Å². The Labute approximate surface area is 188 Å². The summed E-state index contributed by atoms with van der Waals surface area (Å²) in [5, 5.41) is 6.75. The molecule has 1 fully saturated rings. The van der Waals surface area contributed by atoms with E-state index in [1.807, 2.05) is 13.8 Å². The van der Waals surface area contributed by atoms with Crippen molar-refractivity contribution in [2.75, 3.05) is 6.61 Å². The van der Waals surface area contributed by atoms with Gasteiger partial charge in [0.15, 0.2) is 0 Å². The fraction of sp³-hybridized carbons (Fsp3) is 0.462. The molecule has 4 rings (SSSR count). The third-order valence-corrected chi connectivity index (χ3v) is 7.54. The molecule has 31 heavy (non-hydrogen) atoms. The van der Waals surface area contributed by atoms with E-state index in [9.17, 15) is 9.59 Å². The number of carbonyl (C=O) groups is 2. The maximum Gasteiger partial charge on any atom is 0.348 e. The number of aryl methyl sites for hydroxylation is 2. The Morgan fingerprint density at radius 3 is 2.68 bits per heavy atom. The third-order valence-electron chi connectivity index (χ3n) is 6.30. The zero-order valence-electron chi connectivity index (χ0n) is 18.5. The minimum atomic E-state index is -0.244. The molecule has 1 aliphatic carbocycles. The number of rotatable bonds is 7. The standard InChI is InChI=1S/C26H31NO3S/c1-3-30-26(29)25-17(2)23-21(31-25)16-15-19-10-7-9-18(24(19)23)11-8-14-22(28)27-20-12-5-4-6-13-20/h7,9-10,15-16,20H,3-6,8,11-14H2,1-2H3,(H,27,28). The average Bonchev–Trinajstić information content (AvgIpc) is 3.11. The average molecular weight is 438 g/mol. The van der Waals surface area contributed by atoms with Crippen LogP contribution in [0.25, 0.3) is 20.9 Å². The summed E-state index contributed by atoms with van der Waals surface area (Å²) in [4.78, 5) is 25.5. The number of amides is 1. The lowest BCUT2D eigenvalue weighted by molar-refractivity contribution is -0.122. The summed E-state index contributed by atoms with van der Waals surface area (Å²) in [6.45, 7) is 4.22. The van der Waals surface area contributed by atoms with Gasteiger partial charge in [0.25, 0.3) is 0 Å². The van der Waals surface area contributed by atoms with Gasteiger partial charge in [-0.2, -0.15) is 0 Å². The second kappa shape index (κ2) is 9.82. The molecule has 164 valence electrons. The molecule has 2 aromatic carbocycles. The topological polar surface area (TPSA) is 55.4 Å². The van der Waals surface area contributed by atoms with E-state index in [1.165, 1.54) is 46.9 Å². The molecule has 3 aromatic rings. The summed E-state index contributed by atoms with van der Waals surface area (Å²) in [5.74, 6) is -0.0696. The molecule has 0 radical (unpaired) electrons. The van der Waals surface area contributed by atoms with Crippen molar-refractivity contribution in [3.8, 4) is 0 Å². The molecule has 5 heteroatoms. The first kappa shape index (κ1) is 21.8. The molecule has 0 saturated heterocycles. The SMILES string of the molecule is CCOC(=O)c1sc2ccc3cccc(CCCC(=O)NC4CCCCC4)c3c2c1C. The van der Waals surface area contributed by atoms with Crippen molar-refractivity contribution in [3.63, 3.8) is 0 Å². The number of carbonyl (C=O) groups excluding carboxylic acids is 2. The molecular weight excluding hydrogens is 406 g/mol. The molecule has 1 aromatic heterocycles. The van der Waals surface area contributed by atoms with Crippen LogP contribution in [0.15, 0.2) is 30.3 Å². The number of benzene rings is 2. The Balaban J connectivity index is 1.55. The first-order chi connectivity index (χ1) is 15.1. The van der Waals surface area contributed by atoms with Crippen LogP contribution in [0.1, 0.15) is 72.7 Å². The van der Waals surface area contributed by atoms with Gasteiger partial charge >= 0.3 is 5.97 Å². The molecule has 0 atom stereocenters. The van der Waals surface area contributed by atoms with Gasteiger partial charge in [-0.05, 0) is 67.5 Å². The van der Waals surface area contributed by atoms with E-state index in [-0.39, 0.29) is 11.9 Å². The van der Waals surface area contributed by atoms with Crippen LogP contribution in [-0.2, 0) is 16.0 Å². The molecule has 0 aliphatic heterocycles. The Morgan fingerprint density at radius 1 is 1.10 bits per heavy atom. The van der Waals surface area contributed by atoms with Gasteiger partial charge in [-0.15, -0.1) is 11.3 Å². The van der Waals surface area contributed by atoms with Gasteiger partial charge in [-0.3, -0.25) is 4.79 Å². The molecule has 1 heterocycles. The van der Waals surface area contributed by atoms with Crippen LogP contribution < -0.4 is 5.32 Å². The van der Waals surface area contributed by atoms with Gasteiger partial charge in [0.05, 0.1) is 6.61 Å². The number of thiophene rings is 1. The van der Waals surface area contributed by atoms with E-state index >= 15 is 0 Å². The van der Waals surface area contributed by atoms with Crippen LogP contribution in [0.4, 0.5) is 0 Å². The van der Waals surface area contributed by atoms with E-state index in [0.717, 1.165) is 41.3 Å². The molecule has 0 unspecified atom stereocenters. The molecule has 1 N–H and O–H groups in total. The molecule has 0 bridgehead atoms. The summed E-state index contributed by atoms with van der Waals surface area (Å²) in [7, 11) is 0. The molecule has 1 amide bonds. The van der Waals surface area contributed by atoms with Crippen molar-refractivity contribution in [1.29, 1.82) is 0 Å². The molecule has 1 saturated carbocycles. The maximum absolute atomic E-state index is 12.4. The second-order valence-corrected chi connectivity index (χ2v) is 9.54. The minimum absolute atomic E-state index is 0.175. The zero-order valence-corrected chi connectivity index (χ0v) is 19.3. The van der Waals surface area contributed by atoms with Gasteiger partial charge in [-0.1, -0.05) is 43.5 Å². The predicted octanol–water partition coefficient (Wildman–Crippen LogP) is 6.31. The molecule has 4 nitrogen and oxygen atoms in total. The van der Waals surface area contributed by atoms with Crippen LogP contribution in [0.2, 0.25) is 0 Å². The summed E-state index contributed by atoms with van der Waals surface area (Å²) in [6, 6.07) is 11.0. The molecule has 0 spiro atoms. The Bertz CT molecular complexity index is 1090. The lowest BCUT2D eigenvalue weighted by Gasteiger charge is -2.22. The fourth-order valence-corrected chi connectivity index (χ4v) is 5.89. The van der Waals surface area contributed by atoms with Crippen molar-refractivity contribution in [1.82, 2.24) is 5.32 Å². The van der Waals surface area contributed by atoms with Crippen molar-refractivity contribution in [3.05, 3.63) is 46.3 Å². The van der Waals surface area contributed by atoms with Crippen LogP contribution in [-0.4, -0.2) is 24.5 Å². The van der Waals surface area contributed by atoms with E-state index in [4.69, 9.17) is 4.74 Å². The quantitative estimate of drug-likeness (QED) is 0.441. The van der Waals surface area contributed by atoms with E-state index in [1.54, 1.807) is 0 Å². The first-order valence-corrected chi connectivity index (χ1v) is 12.3.